The van der Waals surface area contributed by atoms with Gasteiger partial charge in [0.05, 0.1) is 0 Å². The van der Waals surface area contributed by atoms with Crippen molar-refractivity contribution in [2.45, 2.75) is 32.6 Å². The van der Waals surface area contributed by atoms with E-state index in [1.807, 2.05) is 25.1 Å². The van der Waals surface area contributed by atoms with Gasteiger partial charge in [0.25, 0.3) is 0 Å². The van der Waals surface area contributed by atoms with Crippen LogP contribution in [0.5, 0.6) is 0 Å². The molecular weight excluding hydrogens is 226 g/mol. The van der Waals surface area contributed by atoms with E-state index in [-0.39, 0.29) is 5.78 Å². The van der Waals surface area contributed by atoms with Gasteiger partial charge < -0.3 is 4.42 Å². The third-order valence-corrected chi connectivity index (χ3v) is 2.78. The van der Waals surface area contributed by atoms with E-state index < -0.39 is 0 Å². The van der Waals surface area contributed by atoms with Crippen molar-refractivity contribution in [3.8, 4) is 0 Å². The number of hydrogen-bond donors (Lipinski definition) is 0. The Morgan fingerprint density at radius 3 is 2.72 bits per heavy atom. The van der Waals surface area contributed by atoms with Crippen LogP contribution in [0.15, 0.2) is 41.0 Å². The number of carbonyl (C=O) groups excluding carboxylic acids is 1. The molecule has 1 heterocycles. The number of ketones is 1. The highest BCUT2D eigenvalue weighted by atomic mass is 16.3. The first-order valence-electron chi connectivity index (χ1n) is 6.31. The Bertz CT molecular complexity index is 502. The van der Waals surface area contributed by atoms with Crippen molar-refractivity contribution in [1.29, 1.82) is 0 Å². The van der Waals surface area contributed by atoms with Crippen molar-refractivity contribution in [3.63, 3.8) is 0 Å². The van der Waals surface area contributed by atoms with Crippen molar-refractivity contribution in [1.82, 2.24) is 4.98 Å². The van der Waals surface area contributed by atoms with Gasteiger partial charge in [-0.05, 0) is 18.4 Å². The van der Waals surface area contributed by atoms with E-state index in [9.17, 15) is 4.79 Å². The minimum Gasteiger partial charge on any atom is -0.448 e. The van der Waals surface area contributed by atoms with E-state index in [0.717, 1.165) is 19.3 Å². The highest BCUT2D eigenvalue weighted by molar-refractivity contribution is 5.93. The molecular formula is C15H17NO2. The molecule has 0 N–H and O–H groups in total. The molecule has 2 aromatic rings. The van der Waals surface area contributed by atoms with Crippen molar-refractivity contribution >= 4 is 5.78 Å². The molecule has 0 saturated carbocycles. The van der Waals surface area contributed by atoms with Crippen LogP contribution in [-0.2, 0) is 12.8 Å². The number of hydrogen-bond acceptors (Lipinski definition) is 3. The van der Waals surface area contributed by atoms with Gasteiger partial charge in [0.2, 0.25) is 0 Å². The number of Topliss-reactive ketones (excluding diaryl/α,β-unsaturated/α-hetero) is 1. The van der Waals surface area contributed by atoms with Crippen LogP contribution in [0.3, 0.4) is 0 Å². The maximum absolute atomic E-state index is 11.6. The van der Waals surface area contributed by atoms with Gasteiger partial charge in [0.1, 0.15) is 12.0 Å². The topological polar surface area (TPSA) is 43.1 Å². The van der Waals surface area contributed by atoms with Crippen LogP contribution in [0.25, 0.3) is 0 Å². The molecule has 0 spiro atoms. The summed E-state index contributed by atoms with van der Waals surface area (Å²) in [6.45, 7) is 1.98. The molecule has 0 aliphatic heterocycles. The average Bonchev–Trinajstić information content (AvgIpc) is 2.87. The van der Waals surface area contributed by atoms with E-state index in [2.05, 4.69) is 17.1 Å². The van der Waals surface area contributed by atoms with Crippen LogP contribution in [0, 0.1) is 0 Å². The predicted octanol–water partition coefficient (Wildman–Crippen LogP) is 3.44. The van der Waals surface area contributed by atoms with Gasteiger partial charge in [0.15, 0.2) is 11.7 Å². The largest absolute Gasteiger partial charge is 0.448 e. The summed E-state index contributed by atoms with van der Waals surface area (Å²) in [5.41, 5.74) is 1.71. The summed E-state index contributed by atoms with van der Waals surface area (Å²) in [7, 11) is 0. The van der Waals surface area contributed by atoms with Gasteiger partial charge in [-0.1, -0.05) is 37.3 Å². The lowest BCUT2D eigenvalue weighted by molar-refractivity contribution is 0.0977. The number of carbonyl (C=O) groups is 1. The van der Waals surface area contributed by atoms with E-state index in [0.29, 0.717) is 18.0 Å². The average molecular weight is 243 g/mol. The Morgan fingerprint density at radius 2 is 2.00 bits per heavy atom. The first kappa shape index (κ1) is 12.6. The molecule has 0 atom stereocenters. The predicted molar refractivity (Wildman–Crippen MR) is 69.6 cm³/mol. The van der Waals surface area contributed by atoms with Crippen LogP contribution in [0.2, 0.25) is 0 Å². The number of aromatic nitrogens is 1. The monoisotopic (exact) mass is 243 g/mol. The molecule has 3 heteroatoms. The fourth-order valence-corrected chi connectivity index (χ4v) is 1.80. The minimum absolute atomic E-state index is 0.0622. The van der Waals surface area contributed by atoms with Crippen LogP contribution in [0.1, 0.15) is 41.7 Å². The van der Waals surface area contributed by atoms with Gasteiger partial charge in [-0.25, -0.2) is 4.98 Å². The van der Waals surface area contributed by atoms with Gasteiger partial charge in [0, 0.05) is 12.8 Å². The standard InChI is InChI=1S/C15H17NO2/c1-2-6-14(17)13-11-18-15(16-13)10-9-12-7-4-3-5-8-12/h3-5,7-8,11H,2,6,9-10H2,1H3. The maximum atomic E-state index is 11.6. The van der Waals surface area contributed by atoms with Gasteiger partial charge in [-0.15, -0.1) is 0 Å². The molecule has 0 saturated heterocycles. The molecule has 2 rings (SSSR count). The molecule has 0 radical (unpaired) electrons. The summed E-state index contributed by atoms with van der Waals surface area (Å²) in [5.74, 6) is 0.700. The molecule has 3 nitrogen and oxygen atoms in total. The SMILES string of the molecule is CCCC(=O)c1coc(CCc2ccccc2)n1. The third kappa shape index (κ3) is 3.29. The fourth-order valence-electron chi connectivity index (χ4n) is 1.80. The summed E-state index contributed by atoms with van der Waals surface area (Å²) >= 11 is 0. The Balaban J connectivity index is 1.93. The highest BCUT2D eigenvalue weighted by Crippen LogP contribution is 2.09. The van der Waals surface area contributed by atoms with Crippen molar-refractivity contribution in [2.24, 2.45) is 0 Å². The second kappa shape index (κ2) is 6.15. The third-order valence-electron chi connectivity index (χ3n) is 2.78. The lowest BCUT2D eigenvalue weighted by Crippen LogP contribution is -1.99. The lowest BCUT2D eigenvalue weighted by Gasteiger charge is -1.97. The van der Waals surface area contributed by atoms with E-state index in [4.69, 9.17) is 4.42 Å². The Kier molecular flexibility index (Phi) is 4.29. The first-order valence-corrected chi connectivity index (χ1v) is 6.31. The Morgan fingerprint density at radius 1 is 1.22 bits per heavy atom. The van der Waals surface area contributed by atoms with E-state index in [1.54, 1.807) is 0 Å². The smallest absolute Gasteiger partial charge is 0.194 e. The molecule has 0 amide bonds. The summed E-state index contributed by atoms with van der Waals surface area (Å²) in [6, 6.07) is 10.2. The molecule has 0 aliphatic carbocycles. The van der Waals surface area contributed by atoms with Gasteiger partial charge in [-0.2, -0.15) is 0 Å². The molecule has 0 unspecified atom stereocenters. The molecule has 0 fully saturated rings. The molecule has 0 aliphatic rings. The summed E-state index contributed by atoms with van der Waals surface area (Å²) in [5, 5.41) is 0. The number of oxazole rings is 1. The van der Waals surface area contributed by atoms with Crippen LogP contribution < -0.4 is 0 Å². The van der Waals surface area contributed by atoms with Crippen molar-refractivity contribution in [3.05, 3.63) is 53.7 Å². The van der Waals surface area contributed by atoms with E-state index >= 15 is 0 Å². The number of benzene rings is 1. The van der Waals surface area contributed by atoms with Gasteiger partial charge in [-0.3, -0.25) is 4.79 Å². The highest BCUT2D eigenvalue weighted by Gasteiger charge is 2.10. The number of nitrogens with zero attached hydrogens (tertiary/aromatic N) is 1. The quantitative estimate of drug-likeness (QED) is 0.730. The molecule has 0 bridgehead atoms. The zero-order valence-electron chi connectivity index (χ0n) is 10.6. The zero-order valence-corrected chi connectivity index (χ0v) is 10.6. The van der Waals surface area contributed by atoms with Crippen molar-refractivity contribution in [2.75, 3.05) is 0 Å². The van der Waals surface area contributed by atoms with Gasteiger partial charge >= 0.3 is 0 Å². The van der Waals surface area contributed by atoms with E-state index in [1.165, 1.54) is 11.8 Å². The Hall–Kier alpha value is -1.90. The van der Waals surface area contributed by atoms with Crippen LogP contribution in [-0.4, -0.2) is 10.8 Å². The second-order valence-electron chi connectivity index (χ2n) is 4.29. The number of rotatable bonds is 6. The Labute approximate surface area is 107 Å². The minimum atomic E-state index is 0.0622. The molecule has 1 aromatic carbocycles. The molecule has 1 aromatic heterocycles. The summed E-state index contributed by atoms with van der Waals surface area (Å²) in [4.78, 5) is 15.8. The first-order chi connectivity index (χ1) is 8.79. The lowest BCUT2D eigenvalue weighted by atomic mass is 10.1. The fraction of sp³-hybridized carbons (Fsp3) is 0.333. The molecule has 94 valence electrons. The summed E-state index contributed by atoms with van der Waals surface area (Å²) in [6.07, 6.45) is 4.44. The maximum Gasteiger partial charge on any atom is 0.194 e. The summed E-state index contributed by atoms with van der Waals surface area (Å²) < 4.78 is 5.32. The van der Waals surface area contributed by atoms with Crippen LogP contribution in [0.4, 0.5) is 0 Å². The zero-order chi connectivity index (χ0) is 12.8. The molecule has 18 heavy (non-hydrogen) atoms. The van der Waals surface area contributed by atoms with Crippen molar-refractivity contribution < 1.29 is 9.21 Å². The second-order valence-corrected chi connectivity index (χ2v) is 4.29. The number of aryl methyl sites for hydroxylation is 2. The van der Waals surface area contributed by atoms with Crippen LogP contribution >= 0.6 is 0 Å². The normalized spacial score (nSPS) is 10.5.